The number of rotatable bonds is 11. The van der Waals surface area contributed by atoms with Gasteiger partial charge in [0.2, 0.25) is 0 Å². The van der Waals surface area contributed by atoms with Gasteiger partial charge in [0.05, 0.1) is 0 Å². The van der Waals surface area contributed by atoms with Crippen LogP contribution in [0.2, 0.25) is 0 Å². The smallest absolute Gasteiger partial charge is 0.408 e. The van der Waals surface area contributed by atoms with Gasteiger partial charge in [0.25, 0.3) is 0 Å². The van der Waals surface area contributed by atoms with Crippen LogP contribution in [-0.4, -0.2) is 22.1 Å². The van der Waals surface area contributed by atoms with E-state index in [4.69, 9.17) is 9.52 Å². The van der Waals surface area contributed by atoms with Gasteiger partial charge in [-0.2, -0.15) is 0 Å². The first-order valence-electron chi connectivity index (χ1n) is 9.65. The van der Waals surface area contributed by atoms with E-state index < -0.39 is 23.3 Å². The molecule has 158 valence electrons. The summed E-state index contributed by atoms with van der Waals surface area (Å²) in [5.74, 6) is -0.700. The Hall–Kier alpha value is -3.09. The number of hydrogen-bond donors (Lipinski definition) is 3. The van der Waals surface area contributed by atoms with Crippen LogP contribution in [0.4, 0.5) is 4.79 Å². The first-order chi connectivity index (χ1) is 13.8. The minimum absolute atomic E-state index is 0.264. The number of ketones is 1. The van der Waals surface area contributed by atoms with Crippen molar-refractivity contribution in [3.63, 3.8) is 0 Å². The van der Waals surface area contributed by atoms with Crippen molar-refractivity contribution in [1.82, 2.24) is 5.32 Å². The molecule has 0 spiro atoms. The van der Waals surface area contributed by atoms with Gasteiger partial charge in [0.15, 0.2) is 5.78 Å². The van der Waals surface area contributed by atoms with Crippen LogP contribution in [0.3, 0.4) is 0 Å². The summed E-state index contributed by atoms with van der Waals surface area (Å²) in [4.78, 5) is 35.1. The Bertz CT molecular complexity index is 861. The lowest BCUT2D eigenvalue weighted by Gasteiger charge is -2.05. The molecule has 7 heteroatoms. The van der Waals surface area contributed by atoms with Crippen LogP contribution in [-0.2, 0) is 6.42 Å². The van der Waals surface area contributed by atoms with E-state index in [2.05, 4.69) is 12.2 Å². The maximum atomic E-state index is 12.5. The van der Waals surface area contributed by atoms with Crippen LogP contribution < -0.4 is 10.9 Å². The van der Waals surface area contributed by atoms with E-state index in [0.29, 0.717) is 24.8 Å². The van der Waals surface area contributed by atoms with E-state index in [-0.39, 0.29) is 11.3 Å². The number of aromatic hydroxyl groups is 1. The fourth-order valence-corrected chi connectivity index (χ4v) is 2.55. The van der Waals surface area contributed by atoms with Crippen molar-refractivity contribution in [2.24, 2.45) is 0 Å². The quantitative estimate of drug-likeness (QED) is 0.213. The second kappa shape index (κ2) is 12.4. The topological polar surface area (TPSA) is 117 Å². The average molecular weight is 403 g/mol. The van der Waals surface area contributed by atoms with Gasteiger partial charge < -0.3 is 14.6 Å². The molecular formula is C22H29NO6. The molecule has 0 unspecified atom stereocenters. The lowest BCUT2D eigenvalue weighted by atomic mass is 10.0. The number of nitrogens with one attached hydrogen (secondary N) is 1. The SMILES string of the molecule is CCCCC(C)=CC=C(C)C(=O)c1c(O)cc(CCCC=CNC(=O)O)oc1=O. The highest BCUT2D eigenvalue weighted by atomic mass is 16.4. The number of carbonyl (C=O) groups is 2. The molecule has 1 aromatic heterocycles. The normalized spacial score (nSPS) is 12.4. The highest BCUT2D eigenvalue weighted by molar-refractivity contribution is 6.09. The van der Waals surface area contributed by atoms with E-state index in [1.807, 2.05) is 13.0 Å². The summed E-state index contributed by atoms with van der Waals surface area (Å²) in [5.41, 5.74) is 0.241. The second-order valence-corrected chi connectivity index (χ2v) is 6.80. The fraction of sp³-hybridized carbons (Fsp3) is 0.409. The van der Waals surface area contributed by atoms with Crippen molar-refractivity contribution in [3.8, 4) is 5.75 Å². The molecule has 0 bridgehead atoms. The molecule has 7 nitrogen and oxygen atoms in total. The third-order valence-corrected chi connectivity index (χ3v) is 4.23. The zero-order chi connectivity index (χ0) is 21.8. The number of hydrogen-bond acceptors (Lipinski definition) is 5. The maximum Gasteiger partial charge on any atom is 0.408 e. The number of carboxylic acid groups (broad SMARTS) is 1. The summed E-state index contributed by atoms with van der Waals surface area (Å²) >= 11 is 0. The molecule has 0 atom stereocenters. The molecule has 0 aromatic carbocycles. The van der Waals surface area contributed by atoms with Gasteiger partial charge in [-0.3, -0.25) is 10.1 Å². The number of unbranched alkanes of at least 4 members (excludes halogenated alkanes) is 2. The average Bonchev–Trinajstić information content (AvgIpc) is 2.66. The molecule has 0 aliphatic rings. The third kappa shape index (κ3) is 8.64. The summed E-state index contributed by atoms with van der Waals surface area (Å²) in [5, 5.41) is 20.7. The van der Waals surface area contributed by atoms with Crippen molar-refractivity contribution in [3.05, 3.63) is 63.4 Å². The largest absolute Gasteiger partial charge is 0.507 e. The number of amides is 1. The number of carbonyl (C=O) groups excluding carboxylic acids is 1. The molecule has 1 aromatic rings. The van der Waals surface area contributed by atoms with Crippen molar-refractivity contribution in [2.45, 2.75) is 59.3 Å². The Kier molecular flexibility index (Phi) is 10.2. The number of aryl methyl sites for hydroxylation is 1. The van der Waals surface area contributed by atoms with Crippen molar-refractivity contribution in [2.75, 3.05) is 0 Å². The highest BCUT2D eigenvalue weighted by Crippen LogP contribution is 2.20. The monoisotopic (exact) mass is 403 g/mol. The minimum Gasteiger partial charge on any atom is -0.507 e. The predicted molar refractivity (Wildman–Crippen MR) is 111 cm³/mol. The third-order valence-electron chi connectivity index (χ3n) is 4.23. The van der Waals surface area contributed by atoms with Gasteiger partial charge in [-0.25, -0.2) is 9.59 Å². The summed E-state index contributed by atoms with van der Waals surface area (Å²) in [6.45, 7) is 5.69. The van der Waals surface area contributed by atoms with Crippen molar-refractivity contribution in [1.29, 1.82) is 0 Å². The summed E-state index contributed by atoms with van der Waals surface area (Å²) in [7, 11) is 0. The molecule has 1 amide bonds. The van der Waals surface area contributed by atoms with Crippen LogP contribution in [0, 0.1) is 0 Å². The second-order valence-electron chi connectivity index (χ2n) is 6.80. The minimum atomic E-state index is -1.15. The lowest BCUT2D eigenvalue weighted by Crippen LogP contribution is -2.16. The maximum absolute atomic E-state index is 12.5. The summed E-state index contributed by atoms with van der Waals surface area (Å²) in [6.07, 6.45) is 9.89. The van der Waals surface area contributed by atoms with Gasteiger partial charge in [-0.15, -0.1) is 0 Å². The first kappa shape index (κ1) is 23.9. The molecule has 0 aliphatic carbocycles. The number of allylic oxidation sites excluding steroid dienone is 5. The van der Waals surface area contributed by atoms with Gasteiger partial charge in [-0.1, -0.05) is 37.1 Å². The summed E-state index contributed by atoms with van der Waals surface area (Å²) in [6, 6.07) is 1.28. The Morgan fingerprint density at radius 3 is 2.55 bits per heavy atom. The van der Waals surface area contributed by atoms with Gasteiger partial charge in [0.1, 0.15) is 17.1 Å². The molecular weight excluding hydrogens is 374 g/mol. The van der Waals surface area contributed by atoms with Gasteiger partial charge >= 0.3 is 11.7 Å². The Morgan fingerprint density at radius 2 is 1.93 bits per heavy atom. The van der Waals surface area contributed by atoms with E-state index in [9.17, 15) is 19.5 Å². The number of Topliss-reactive ketones (excluding diaryl/α,β-unsaturated/α-hetero) is 1. The predicted octanol–water partition coefficient (Wildman–Crippen LogP) is 4.71. The zero-order valence-electron chi connectivity index (χ0n) is 17.2. The van der Waals surface area contributed by atoms with E-state index >= 15 is 0 Å². The van der Waals surface area contributed by atoms with Crippen LogP contribution in [0.5, 0.6) is 5.75 Å². The van der Waals surface area contributed by atoms with E-state index in [1.165, 1.54) is 12.3 Å². The van der Waals surface area contributed by atoms with E-state index in [0.717, 1.165) is 24.8 Å². The molecule has 0 fully saturated rings. The molecule has 0 saturated carbocycles. The van der Waals surface area contributed by atoms with Gasteiger partial charge in [0, 0.05) is 18.7 Å². The van der Waals surface area contributed by atoms with Crippen LogP contribution in [0.15, 0.2) is 50.9 Å². The first-order valence-corrected chi connectivity index (χ1v) is 9.65. The molecule has 29 heavy (non-hydrogen) atoms. The van der Waals surface area contributed by atoms with Crippen LogP contribution >= 0.6 is 0 Å². The molecule has 1 rings (SSSR count). The lowest BCUT2D eigenvalue weighted by molar-refractivity contribution is 0.102. The van der Waals surface area contributed by atoms with Crippen LogP contribution in [0.1, 0.15) is 69.0 Å². The molecule has 0 saturated heterocycles. The van der Waals surface area contributed by atoms with Gasteiger partial charge in [-0.05, 0) is 45.1 Å². The Balaban J connectivity index is 2.81. The van der Waals surface area contributed by atoms with Crippen molar-refractivity contribution >= 4 is 11.9 Å². The molecule has 0 radical (unpaired) electrons. The Morgan fingerprint density at radius 1 is 1.21 bits per heavy atom. The summed E-state index contributed by atoms with van der Waals surface area (Å²) < 4.78 is 5.17. The zero-order valence-corrected chi connectivity index (χ0v) is 17.2. The Labute approximate surface area is 170 Å². The fourth-order valence-electron chi connectivity index (χ4n) is 2.55. The molecule has 0 aliphatic heterocycles. The van der Waals surface area contributed by atoms with Crippen LogP contribution in [0.25, 0.3) is 0 Å². The van der Waals surface area contributed by atoms with E-state index in [1.54, 1.807) is 19.1 Å². The molecule has 3 N–H and O–H groups in total. The standard InChI is InChI=1S/C22H29NO6/c1-4-5-9-15(2)11-12-16(3)20(25)19-18(24)14-17(29-21(19)26)10-7-6-8-13-23-22(27)28/h8,11-14,23-24H,4-7,9-10H2,1-3H3,(H,27,28). The highest BCUT2D eigenvalue weighted by Gasteiger charge is 2.20. The van der Waals surface area contributed by atoms with Crippen molar-refractivity contribution < 1.29 is 24.2 Å². The molecule has 1 heterocycles.